The summed E-state index contributed by atoms with van der Waals surface area (Å²) in [4.78, 5) is 26.4. The molecule has 0 saturated carbocycles. The van der Waals surface area contributed by atoms with E-state index in [-0.39, 0.29) is 11.5 Å². The Morgan fingerprint density at radius 3 is 2.67 bits per heavy atom. The smallest absolute Gasteiger partial charge is 0.363 e. The maximum Gasteiger partial charge on any atom is 0.416 e. The van der Waals surface area contributed by atoms with E-state index in [0.29, 0.717) is 41.9 Å². The number of nitrogens with one attached hydrogen (secondary N) is 1. The summed E-state index contributed by atoms with van der Waals surface area (Å²) in [5.74, 6) is 0.543. The van der Waals surface area contributed by atoms with Gasteiger partial charge in [-0.1, -0.05) is 18.2 Å². The summed E-state index contributed by atoms with van der Waals surface area (Å²) in [6.07, 6.45) is 1.44. The third-order valence-corrected chi connectivity index (χ3v) is 6.01. The lowest BCUT2D eigenvalue weighted by Gasteiger charge is -2.25. The molecule has 4 rings (SSSR count). The largest absolute Gasteiger partial charge is 0.416 e. The molecule has 2 aromatic heterocycles. The molecule has 0 spiro atoms. The number of hydrogen-bond acceptors (Lipinski definition) is 5. The van der Waals surface area contributed by atoms with Crippen LogP contribution in [0.5, 0.6) is 0 Å². The lowest BCUT2D eigenvalue weighted by molar-refractivity contribution is -0.138. The number of hydrogen-bond donors (Lipinski definition) is 1. The van der Waals surface area contributed by atoms with E-state index in [1.54, 1.807) is 31.0 Å². The highest BCUT2D eigenvalue weighted by atomic mass is 19.4. The van der Waals surface area contributed by atoms with E-state index in [9.17, 15) is 18.0 Å². The second-order valence-electron chi connectivity index (χ2n) is 8.15. The van der Waals surface area contributed by atoms with Crippen molar-refractivity contribution in [2.45, 2.75) is 39.4 Å². The SMILES string of the molecule is CC(=O)N1CC=C(c2cnc3ncnc(NC(C)c4cccc(C(F)(F)F)c4C)c3c2)CC1. The molecule has 33 heavy (non-hydrogen) atoms. The van der Waals surface area contributed by atoms with Crippen molar-refractivity contribution in [1.82, 2.24) is 19.9 Å². The number of aromatic nitrogens is 3. The molecule has 6 nitrogen and oxygen atoms in total. The summed E-state index contributed by atoms with van der Waals surface area (Å²) >= 11 is 0. The van der Waals surface area contributed by atoms with Crippen LogP contribution in [0, 0.1) is 6.92 Å². The summed E-state index contributed by atoms with van der Waals surface area (Å²) in [6, 6.07) is 5.70. The average Bonchev–Trinajstić information content (AvgIpc) is 2.78. The van der Waals surface area contributed by atoms with Crippen LogP contribution < -0.4 is 5.32 Å². The number of carbonyl (C=O) groups is 1. The highest BCUT2D eigenvalue weighted by molar-refractivity contribution is 5.89. The highest BCUT2D eigenvalue weighted by Gasteiger charge is 2.33. The number of alkyl halides is 3. The van der Waals surface area contributed by atoms with Crippen molar-refractivity contribution in [2.75, 3.05) is 18.4 Å². The van der Waals surface area contributed by atoms with E-state index in [1.165, 1.54) is 19.3 Å². The van der Waals surface area contributed by atoms with Gasteiger partial charge in [0, 0.05) is 26.2 Å². The predicted molar refractivity (Wildman–Crippen MR) is 120 cm³/mol. The second kappa shape index (κ2) is 8.80. The Morgan fingerprint density at radius 1 is 1.21 bits per heavy atom. The highest BCUT2D eigenvalue weighted by Crippen LogP contribution is 2.35. The molecule has 0 radical (unpaired) electrons. The molecule has 0 bridgehead atoms. The van der Waals surface area contributed by atoms with Gasteiger partial charge < -0.3 is 10.2 Å². The lowest BCUT2D eigenvalue weighted by atomic mass is 9.97. The molecule has 0 fully saturated rings. The van der Waals surface area contributed by atoms with E-state index in [0.717, 1.165) is 17.2 Å². The predicted octanol–water partition coefficient (Wildman–Crippen LogP) is 5.16. The van der Waals surface area contributed by atoms with Gasteiger partial charge in [0.1, 0.15) is 12.1 Å². The number of rotatable bonds is 4. The molecule has 0 saturated heterocycles. The van der Waals surface area contributed by atoms with E-state index >= 15 is 0 Å². The van der Waals surface area contributed by atoms with Crippen molar-refractivity contribution in [3.05, 3.63) is 65.1 Å². The summed E-state index contributed by atoms with van der Waals surface area (Å²) in [5.41, 5.74) is 2.56. The van der Waals surface area contributed by atoms with Gasteiger partial charge in [-0.05, 0) is 54.7 Å². The van der Waals surface area contributed by atoms with Gasteiger partial charge in [0.2, 0.25) is 5.91 Å². The number of fused-ring (bicyclic) bond motifs is 1. The average molecular weight is 455 g/mol. The zero-order chi connectivity index (χ0) is 23.8. The normalized spacial score (nSPS) is 15.3. The van der Waals surface area contributed by atoms with Crippen LogP contribution in [0.25, 0.3) is 16.6 Å². The van der Waals surface area contributed by atoms with E-state index in [2.05, 4.69) is 20.3 Å². The van der Waals surface area contributed by atoms with Crippen LogP contribution >= 0.6 is 0 Å². The first-order valence-electron chi connectivity index (χ1n) is 10.6. The van der Waals surface area contributed by atoms with Gasteiger partial charge >= 0.3 is 6.18 Å². The first kappa shape index (κ1) is 22.7. The Morgan fingerprint density at radius 2 is 2.00 bits per heavy atom. The molecule has 9 heteroatoms. The first-order chi connectivity index (χ1) is 15.6. The Bertz CT molecular complexity index is 1240. The Kier molecular flexibility index (Phi) is 6.05. The number of pyridine rings is 1. The van der Waals surface area contributed by atoms with Gasteiger partial charge in [-0.3, -0.25) is 4.79 Å². The second-order valence-corrected chi connectivity index (χ2v) is 8.15. The fraction of sp³-hybridized carbons (Fsp3) is 0.333. The van der Waals surface area contributed by atoms with Crippen LogP contribution in [0.4, 0.5) is 19.0 Å². The molecule has 3 aromatic rings. The summed E-state index contributed by atoms with van der Waals surface area (Å²) in [5, 5.41) is 3.92. The number of amides is 1. The quantitative estimate of drug-likeness (QED) is 0.588. The van der Waals surface area contributed by atoms with Crippen LogP contribution in [-0.4, -0.2) is 38.8 Å². The molecule has 1 N–H and O–H groups in total. The van der Waals surface area contributed by atoms with E-state index < -0.39 is 17.8 Å². The monoisotopic (exact) mass is 455 g/mol. The van der Waals surface area contributed by atoms with Gasteiger partial charge in [-0.15, -0.1) is 0 Å². The van der Waals surface area contributed by atoms with E-state index in [1.807, 2.05) is 12.1 Å². The molecule has 0 aliphatic carbocycles. The third-order valence-electron chi connectivity index (χ3n) is 6.01. The Balaban J connectivity index is 1.65. The Labute approximate surface area is 189 Å². The van der Waals surface area contributed by atoms with Gasteiger partial charge in [0.15, 0.2) is 5.65 Å². The van der Waals surface area contributed by atoms with Crippen LogP contribution in [-0.2, 0) is 11.0 Å². The summed E-state index contributed by atoms with van der Waals surface area (Å²) < 4.78 is 40.0. The summed E-state index contributed by atoms with van der Waals surface area (Å²) in [7, 11) is 0. The molecular weight excluding hydrogens is 431 g/mol. The van der Waals surface area contributed by atoms with Crippen molar-refractivity contribution >= 4 is 28.3 Å². The van der Waals surface area contributed by atoms with Crippen LogP contribution in [0.2, 0.25) is 0 Å². The minimum atomic E-state index is -4.41. The standard InChI is InChI=1S/C24H24F3N5O/c1-14-19(5-4-6-21(14)24(25,26)27)15(2)31-23-20-11-18(12-28-22(20)29-13-30-23)17-7-9-32(10-8-17)16(3)33/h4-7,11-13,15H,8-10H2,1-3H3,(H,28,29,30,31). The number of benzene rings is 1. The van der Waals surface area contributed by atoms with Crippen LogP contribution in [0.3, 0.4) is 0 Å². The number of anilines is 1. The Hall–Kier alpha value is -3.49. The fourth-order valence-electron chi connectivity index (χ4n) is 4.17. The van der Waals surface area contributed by atoms with Crippen molar-refractivity contribution in [3.63, 3.8) is 0 Å². The van der Waals surface area contributed by atoms with E-state index in [4.69, 9.17) is 0 Å². The molecule has 1 unspecified atom stereocenters. The molecule has 3 heterocycles. The summed E-state index contributed by atoms with van der Waals surface area (Å²) in [6.45, 7) is 6.02. The molecule has 1 amide bonds. The molecular formula is C24H24F3N5O. The molecule has 172 valence electrons. The zero-order valence-corrected chi connectivity index (χ0v) is 18.6. The molecule has 1 aliphatic heterocycles. The van der Waals surface area contributed by atoms with Crippen LogP contribution in [0.15, 0.2) is 42.9 Å². The van der Waals surface area contributed by atoms with Crippen molar-refractivity contribution < 1.29 is 18.0 Å². The van der Waals surface area contributed by atoms with Gasteiger partial charge in [-0.2, -0.15) is 13.2 Å². The van der Waals surface area contributed by atoms with Crippen molar-refractivity contribution in [1.29, 1.82) is 0 Å². The molecule has 1 aromatic carbocycles. The maximum absolute atomic E-state index is 13.3. The number of nitrogens with zero attached hydrogens (tertiary/aromatic N) is 4. The number of halogens is 3. The van der Waals surface area contributed by atoms with Gasteiger partial charge in [0.05, 0.1) is 17.0 Å². The molecule has 1 atom stereocenters. The third kappa shape index (κ3) is 4.67. The number of carbonyl (C=O) groups excluding carboxylic acids is 1. The zero-order valence-electron chi connectivity index (χ0n) is 18.6. The van der Waals surface area contributed by atoms with Gasteiger partial charge in [-0.25, -0.2) is 15.0 Å². The molecule has 1 aliphatic rings. The van der Waals surface area contributed by atoms with Gasteiger partial charge in [0.25, 0.3) is 0 Å². The van der Waals surface area contributed by atoms with Crippen molar-refractivity contribution in [3.8, 4) is 0 Å². The first-order valence-corrected chi connectivity index (χ1v) is 10.6. The minimum Gasteiger partial charge on any atom is -0.363 e. The lowest BCUT2D eigenvalue weighted by Crippen LogP contribution is -2.32. The van der Waals surface area contributed by atoms with Crippen molar-refractivity contribution in [2.24, 2.45) is 0 Å². The maximum atomic E-state index is 13.3. The minimum absolute atomic E-state index is 0.0423. The topological polar surface area (TPSA) is 71.0 Å². The van der Waals surface area contributed by atoms with Crippen LogP contribution in [0.1, 0.15) is 48.6 Å². The fourth-order valence-corrected chi connectivity index (χ4v) is 4.17.